The average Bonchev–Trinajstić information content (AvgIpc) is 3.40. The molecule has 0 saturated carbocycles. The molecule has 10 heteroatoms. The minimum Gasteiger partial charge on any atom is -0.504 e. The van der Waals surface area contributed by atoms with Crippen LogP contribution in [0.3, 0.4) is 0 Å². The van der Waals surface area contributed by atoms with Crippen LogP contribution in [0.5, 0.6) is 23.0 Å². The first-order valence-electron chi connectivity index (χ1n) is 14.8. The number of methoxy groups -OCH3 is 2. The molecule has 0 radical (unpaired) electrons. The zero-order valence-corrected chi connectivity index (χ0v) is 26.8. The lowest BCUT2D eigenvalue weighted by Crippen LogP contribution is -2.39. The first-order valence-corrected chi connectivity index (χ1v) is 15.6. The Hall–Kier alpha value is -5.61. The summed E-state index contributed by atoms with van der Waals surface area (Å²) in [5, 5.41) is 10.0. The van der Waals surface area contributed by atoms with Crippen molar-refractivity contribution in [3.05, 3.63) is 150 Å². The molecule has 1 N–H and O–H groups in total. The first-order chi connectivity index (χ1) is 22.9. The highest BCUT2D eigenvalue weighted by Crippen LogP contribution is 2.36. The molecule has 0 aliphatic carbocycles. The fourth-order valence-electron chi connectivity index (χ4n) is 5.34. The summed E-state index contributed by atoms with van der Waals surface area (Å²) in [4.78, 5) is 33.1. The van der Waals surface area contributed by atoms with E-state index in [4.69, 9.17) is 23.9 Å². The predicted molar refractivity (Wildman–Crippen MR) is 178 cm³/mol. The van der Waals surface area contributed by atoms with Crippen LogP contribution < -0.4 is 29.1 Å². The number of esters is 1. The van der Waals surface area contributed by atoms with Gasteiger partial charge in [-0.15, -0.1) is 0 Å². The number of aromatic nitrogens is 1. The summed E-state index contributed by atoms with van der Waals surface area (Å²) in [6.07, 6.45) is 1.71. The number of fused-ring (bicyclic) bond motifs is 1. The number of rotatable bonds is 10. The highest BCUT2D eigenvalue weighted by atomic mass is 32.1. The molecular formula is C37H32N2O7S. The maximum absolute atomic E-state index is 14.1. The molecule has 1 aliphatic heterocycles. The molecule has 0 amide bonds. The van der Waals surface area contributed by atoms with Gasteiger partial charge in [-0.2, -0.15) is 0 Å². The summed E-state index contributed by atoms with van der Waals surface area (Å²) in [6, 6.07) is 28.5. The Morgan fingerprint density at radius 3 is 2.23 bits per heavy atom. The van der Waals surface area contributed by atoms with E-state index < -0.39 is 12.0 Å². The Morgan fingerprint density at radius 2 is 1.55 bits per heavy atom. The lowest BCUT2D eigenvalue weighted by atomic mass is 9.95. The molecule has 4 aromatic carbocycles. The molecule has 0 bridgehead atoms. The van der Waals surface area contributed by atoms with Gasteiger partial charge in [0.15, 0.2) is 27.8 Å². The predicted octanol–water partition coefficient (Wildman–Crippen LogP) is 5.28. The van der Waals surface area contributed by atoms with Crippen LogP contribution in [0.4, 0.5) is 0 Å². The third-order valence-corrected chi connectivity index (χ3v) is 8.68. The molecular weight excluding hydrogens is 616 g/mol. The number of allylic oxidation sites excluding steroid dienone is 1. The number of carbonyl (C=O) groups is 1. The van der Waals surface area contributed by atoms with Crippen LogP contribution in [0.25, 0.3) is 6.08 Å². The minimum absolute atomic E-state index is 0.00876. The lowest BCUT2D eigenvalue weighted by molar-refractivity contribution is -0.140. The second-order valence-electron chi connectivity index (χ2n) is 10.8. The van der Waals surface area contributed by atoms with Crippen LogP contribution in [0.15, 0.2) is 118 Å². The van der Waals surface area contributed by atoms with E-state index in [0.717, 1.165) is 11.1 Å². The maximum Gasteiger partial charge on any atom is 0.338 e. The number of hydrogen-bond acceptors (Lipinski definition) is 9. The molecule has 5 aromatic rings. The standard InChI is InChI=1S/C37H32N2O7S/c1-23-33(36(42)46-22-25-12-8-5-9-13-25)34(27-15-17-29(31(20-27)44-3)45-21-24-10-6-4-7-11-24)39-35(41)32(47-37(39)38-23)19-26-14-16-28(40)30(18-26)43-2/h4-20,34,40H,21-22H2,1-3H3/b32-19-. The van der Waals surface area contributed by atoms with Gasteiger partial charge in [0.05, 0.1) is 36.1 Å². The molecule has 238 valence electrons. The Kier molecular flexibility index (Phi) is 9.21. The molecule has 0 saturated heterocycles. The molecule has 1 aromatic heterocycles. The van der Waals surface area contributed by atoms with Gasteiger partial charge in [-0.3, -0.25) is 9.36 Å². The van der Waals surface area contributed by atoms with Crippen LogP contribution >= 0.6 is 11.3 Å². The second-order valence-corrected chi connectivity index (χ2v) is 11.8. The van der Waals surface area contributed by atoms with E-state index in [1.54, 1.807) is 44.4 Å². The van der Waals surface area contributed by atoms with E-state index in [-0.39, 0.29) is 29.2 Å². The molecule has 0 spiro atoms. The van der Waals surface area contributed by atoms with E-state index in [9.17, 15) is 14.7 Å². The van der Waals surface area contributed by atoms with E-state index in [2.05, 4.69) is 0 Å². The van der Waals surface area contributed by atoms with Gasteiger partial charge >= 0.3 is 5.97 Å². The van der Waals surface area contributed by atoms with Gasteiger partial charge in [-0.05, 0) is 59.5 Å². The zero-order valence-electron chi connectivity index (χ0n) is 26.0. The van der Waals surface area contributed by atoms with Gasteiger partial charge in [-0.1, -0.05) is 84.1 Å². The third-order valence-electron chi connectivity index (χ3n) is 7.70. The molecule has 0 fully saturated rings. The van der Waals surface area contributed by atoms with Crippen molar-refractivity contribution in [1.29, 1.82) is 0 Å². The van der Waals surface area contributed by atoms with Crippen molar-refractivity contribution in [2.75, 3.05) is 14.2 Å². The number of aromatic hydroxyl groups is 1. The van der Waals surface area contributed by atoms with Crippen LogP contribution in [0.1, 0.15) is 35.2 Å². The largest absolute Gasteiger partial charge is 0.504 e. The van der Waals surface area contributed by atoms with Crippen molar-refractivity contribution in [2.24, 2.45) is 4.99 Å². The SMILES string of the molecule is COc1cc(/C=c2\sc3n(c2=O)C(c2ccc(OCc4ccccc4)c(OC)c2)C(C(=O)OCc2ccccc2)=C(C)N=3)ccc1O. The smallest absolute Gasteiger partial charge is 0.338 e. The van der Waals surface area contributed by atoms with Crippen molar-refractivity contribution < 1.29 is 28.8 Å². The Morgan fingerprint density at radius 1 is 0.872 bits per heavy atom. The van der Waals surface area contributed by atoms with Crippen molar-refractivity contribution in [3.8, 4) is 23.0 Å². The molecule has 47 heavy (non-hydrogen) atoms. The lowest BCUT2D eigenvalue weighted by Gasteiger charge is -2.25. The van der Waals surface area contributed by atoms with Gasteiger partial charge in [0, 0.05) is 0 Å². The first kappa shape index (κ1) is 31.4. The molecule has 6 rings (SSSR count). The summed E-state index contributed by atoms with van der Waals surface area (Å²) < 4.78 is 24.7. The Bertz CT molecular complexity index is 2140. The van der Waals surface area contributed by atoms with Gasteiger partial charge in [0.1, 0.15) is 13.2 Å². The molecule has 9 nitrogen and oxygen atoms in total. The molecule has 2 heterocycles. The number of phenolic OH excluding ortho intramolecular Hbond substituents is 1. The fourth-order valence-corrected chi connectivity index (χ4v) is 6.39. The van der Waals surface area contributed by atoms with Crippen LogP contribution in [-0.4, -0.2) is 29.9 Å². The van der Waals surface area contributed by atoms with E-state index >= 15 is 0 Å². The zero-order chi connectivity index (χ0) is 32.9. The van der Waals surface area contributed by atoms with Crippen LogP contribution in [0.2, 0.25) is 0 Å². The number of hydrogen-bond donors (Lipinski definition) is 1. The van der Waals surface area contributed by atoms with E-state index in [1.165, 1.54) is 29.1 Å². The summed E-state index contributed by atoms with van der Waals surface area (Å²) in [6.45, 7) is 2.14. The van der Waals surface area contributed by atoms with E-state index in [1.807, 2.05) is 66.7 Å². The van der Waals surface area contributed by atoms with Crippen LogP contribution in [-0.2, 0) is 22.7 Å². The van der Waals surface area contributed by atoms with Crippen molar-refractivity contribution in [1.82, 2.24) is 4.57 Å². The minimum atomic E-state index is -0.858. The normalized spacial score (nSPS) is 14.3. The Balaban J connectivity index is 1.43. The summed E-state index contributed by atoms with van der Waals surface area (Å²) >= 11 is 1.20. The van der Waals surface area contributed by atoms with Gasteiger partial charge < -0.3 is 24.1 Å². The maximum atomic E-state index is 14.1. The molecule has 1 unspecified atom stereocenters. The van der Waals surface area contributed by atoms with Crippen LogP contribution in [0, 0.1) is 0 Å². The number of benzene rings is 4. The number of carbonyl (C=O) groups excluding carboxylic acids is 1. The number of thiazole rings is 1. The van der Waals surface area contributed by atoms with Gasteiger partial charge in [0.2, 0.25) is 0 Å². The quantitative estimate of drug-likeness (QED) is 0.205. The van der Waals surface area contributed by atoms with Crippen molar-refractivity contribution in [2.45, 2.75) is 26.2 Å². The summed E-state index contributed by atoms with van der Waals surface area (Å²) in [5.74, 6) is 0.656. The highest BCUT2D eigenvalue weighted by Gasteiger charge is 2.34. The highest BCUT2D eigenvalue weighted by molar-refractivity contribution is 7.07. The fraction of sp³-hybridized carbons (Fsp3) is 0.162. The van der Waals surface area contributed by atoms with Crippen molar-refractivity contribution >= 4 is 23.4 Å². The summed E-state index contributed by atoms with van der Waals surface area (Å²) in [7, 11) is 3.00. The third kappa shape index (κ3) is 6.68. The number of ether oxygens (including phenoxy) is 4. The van der Waals surface area contributed by atoms with Crippen molar-refractivity contribution in [3.63, 3.8) is 0 Å². The second kappa shape index (κ2) is 13.8. The summed E-state index contributed by atoms with van der Waals surface area (Å²) in [5.41, 5.74) is 3.45. The Labute approximate surface area is 274 Å². The number of nitrogens with zero attached hydrogens (tertiary/aromatic N) is 2. The van der Waals surface area contributed by atoms with Gasteiger partial charge in [-0.25, -0.2) is 9.79 Å². The number of phenols is 1. The van der Waals surface area contributed by atoms with E-state index in [0.29, 0.717) is 44.3 Å². The molecule has 1 aliphatic rings. The van der Waals surface area contributed by atoms with Gasteiger partial charge in [0.25, 0.3) is 5.56 Å². The monoisotopic (exact) mass is 648 g/mol. The average molecular weight is 649 g/mol. The topological polar surface area (TPSA) is 109 Å². The molecule has 1 atom stereocenters.